The Hall–Kier alpha value is -1.57. The Kier molecular flexibility index (Phi) is 3.79. The summed E-state index contributed by atoms with van der Waals surface area (Å²) in [5, 5.41) is 12.1. The lowest BCUT2D eigenvalue weighted by Gasteiger charge is -2.20. The lowest BCUT2D eigenvalue weighted by molar-refractivity contribution is -0.141. The van der Waals surface area contributed by atoms with Crippen molar-refractivity contribution in [3.63, 3.8) is 0 Å². The van der Waals surface area contributed by atoms with Gasteiger partial charge in [-0.1, -0.05) is 6.42 Å². The lowest BCUT2D eigenvalue weighted by atomic mass is 10.1. The number of hydrogen-bond acceptors (Lipinski definition) is 5. The largest absolute Gasteiger partial charge is 0.433 e. The highest BCUT2D eigenvalue weighted by Gasteiger charge is 2.34. The van der Waals surface area contributed by atoms with Gasteiger partial charge in [-0.3, -0.25) is 0 Å². The van der Waals surface area contributed by atoms with Gasteiger partial charge in [0.05, 0.1) is 0 Å². The molecular weight excluding hydrogens is 261 g/mol. The first kappa shape index (κ1) is 13.9. The number of nitrogen functional groups attached to an aromatic ring is 1. The quantitative estimate of drug-likeness (QED) is 0.781. The number of rotatable bonds is 3. The van der Waals surface area contributed by atoms with Crippen molar-refractivity contribution in [2.75, 3.05) is 17.7 Å². The van der Waals surface area contributed by atoms with Crippen molar-refractivity contribution in [1.82, 2.24) is 9.97 Å². The Labute approximate surface area is 108 Å². The molecule has 0 aliphatic heterocycles. The maximum Gasteiger partial charge on any atom is 0.433 e. The van der Waals surface area contributed by atoms with Gasteiger partial charge in [0.2, 0.25) is 5.95 Å². The molecule has 8 heteroatoms. The molecule has 2 rings (SSSR count). The van der Waals surface area contributed by atoms with E-state index in [4.69, 9.17) is 5.73 Å². The lowest BCUT2D eigenvalue weighted by Crippen LogP contribution is -2.27. The average molecular weight is 276 g/mol. The first-order valence-electron chi connectivity index (χ1n) is 5.99. The number of halogens is 3. The molecule has 2 atom stereocenters. The maximum absolute atomic E-state index is 12.6. The van der Waals surface area contributed by atoms with E-state index in [-0.39, 0.29) is 24.4 Å². The van der Waals surface area contributed by atoms with Crippen LogP contribution in [0.15, 0.2) is 6.07 Å². The predicted octanol–water partition coefficient (Wildman–Crippen LogP) is 1.65. The molecule has 2 unspecified atom stereocenters. The van der Waals surface area contributed by atoms with Crippen LogP contribution in [0.1, 0.15) is 25.0 Å². The van der Waals surface area contributed by atoms with Gasteiger partial charge >= 0.3 is 6.18 Å². The third kappa shape index (κ3) is 3.25. The SMILES string of the molecule is Nc1nc(NC2CCCC2CO)cc(C(F)(F)F)n1. The van der Waals surface area contributed by atoms with Crippen LogP contribution in [0.4, 0.5) is 24.9 Å². The van der Waals surface area contributed by atoms with Gasteiger partial charge in [0.25, 0.3) is 0 Å². The molecule has 1 fully saturated rings. The predicted molar refractivity (Wildman–Crippen MR) is 63.3 cm³/mol. The Morgan fingerprint density at radius 2 is 2.11 bits per heavy atom. The molecule has 1 aromatic rings. The summed E-state index contributed by atoms with van der Waals surface area (Å²) in [7, 11) is 0. The molecule has 1 saturated carbocycles. The third-order valence-electron chi connectivity index (χ3n) is 3.26. The number of nitrogens with zero attached hydrogens (tertiary/aromatic N) is 2. The van der Waals surface area contributed by atoms with Gasteiger partial charge in [-0.05, 0) is 12.8 Å². The average Bonchev–Trinajstić information content (AvgIpc) is 2.74. The maximum atomic E-state index is 12.6. The first-order valence-corrected chi connectivity index (χ1v) is 5.99. The van der Waals surface area contributed by atoms with E-state index in [0.29, 0.717) is 0 Å². The zero-order valence-electron chi connectivity index (χ0n) is 10.1. The number of anilines is 2. The summed E-state index contributed by atoms with van der Waals surface area (Å²) in [5.74, 6) is -0.341. The molecule has 1 aromatic heterocycles. The van der Waals surface area contributed by atoms with Crippen molar-refractivity contribution >= 4 is 11.8 Å². The Morgan fingerprint density at radius 3 is 2.74 bits per heavy atom. The molecule has 0 aromatic carbocycles. The highest BCUT2D eigenvalue weighted by atomic mass is 19.4. The van der Waals surface area contributed by atoms with Gasteiger partial charge < -0.3 is 16.2 Å². The van der Waals surface area contributed by atoms with E-state index in [1.54, 1.807) is 0 Å². The van der Waals surface area contributed by atoms with E-state index in [0.717, 1.165) is 25.3 Å². The molecule has 0 spiro atoms. The van der Waals surface area contributed by atoms with Crippen molar-refractivity contribution in [1.29, 1.82) is 0 Å². The van der Waals surface area contributed by atoms with Crippen LogP contribution in [0, 0.1) is 5.92 Å². The molecule has 0 amide bonds. The third-order valence-corrected chi connectivity index (χ3v) is 3.26. The zero-order valence-corrected chi connectivity index (χ0v) is 10.1. The Morgan fingerprint density at radius 1 is 1.37 bits per heavy atom. The summed E-state index contributed by atoms with van der Waals surface area (Å²) in [6.07, 6.45) is -1.99. The number of hydrogen-bond donors (Lipinski definition) is 3. The van der Waals surface area contributed by atoms with Crippen LogP contribution in [0.2, 0.25) is 0 Å². The summed E-state index contributed by atoms with van der Waals surface area (Å²) >= 11 is 0. The van der Waals surface area contributed by atoms with Crippen LogP contribution in [0.25, 0.3) is 0 Å². The van der Waals surface area contributed by atoms with Crippen molar-refractivity contribution in [2.45, 2.75) is 31.5 Å². The van der Waals surface area contributed by atoms with Gasteiger partial charge in [0, 0.05) is 24.6 Å². The summed E-state index contributed by atoms with van der Waals surface area (Å²) in [4.78, 5) is 6.92. The number of aliphatic hydroxyl groups excluding tert-OH is 1. The van der Waals surface area contributed by atoms with Crippen LogP contribution >= 0.6 is 0 Å². The normalized spacial score (nSPS) is 23.6. The zero-order chi connectivity index (χ0) is 14.0. The number of alkyl halides is 3. The highest BCUT2D eigenvalue weighted by molar-refractivity contribution is 5.42. The van der Waals surface area contributed by atoms with E-state index in [2.05, 4.69) is 15.3 Å². The van der Waals surface area contributed by atoms with Crippen molar-refractivity contribution in [2.24, 2.45) is 5.92 Å². The summed E-state index contributed by atoms with van der Waals surface area (Å²) in [5.41, 5.74) is 4.22. The molecule has 19 heavy (non-hydrogen) atoms. The smallest absolute Gasteiger partial charge is 0.396 e. The second kappa shape index (κ2) is 5.20. The minimum absolute atomic E-state index is 0.00433. The van der Waals surface area contributed by atoms with E-state index in [1.165, 1.54) is 0 Å². The number of aromatic nitrogens is 2. The van der Waals surface area contributed by atoms with Crippen LogP contribution in [0.5, 0.6) is 0 Å². The first-order chi connectivity index (χ1) is 8.90. The fraction of sp³-hybridized carbons (Fsp3) is 0.636. The van der Waals surface area contributed by atoms with Crippen molar-refractivity contribution in [3.8, 4) is 0 Å². The van der Waals surface area contributed by atoms with Crippen molar-refractivity contribution in [3.05, 3.63) is 11.8 Å². The molecule has 0 radical (unpaired) electrons. The van der Waals surface area contributed by atoms with Gasteiger partial charge in [0.1, 0.15) is 5.82 Å². The molecule has 0 bridgehead atoms. The molecule has 5 nitrogen and oxygen atoms in total. The number of nitrogens with one attached hydrogen (secondary N) is 1. The summed E-state index contributed by atoms with van der Waals surface area (Å²) in [6.45, 7) is 0.00433. The fourth-order valence-electron chi connectivity index (χ4n) is 2.32. The van der Waals surface area contributed by atoms with Crippen molar-refractivity contribution < 1.29 is 18.3 Å². The van der Waals surface area contributed by atoms with Crippen LogP contribution in [-0.2, 0) is 6.18 Å². The van der Waals surface area contributed by atoms with Crippen LogP contribution in [0.3, 0.4) is 0 Å². The molecule has 1 aliphatic rings. The molecule has 1 aliphatic carbocycles. The Balaban J connectivity index is 2.18. The minimum atomic E-state index is -4.56. The summed E-state index contributed by atoms with van der Waals surface area (Å²) in [6, 6.07) is 0.753. The topological polar surface area (TPSA) is 84.1 Å². The molecule has 4 N–H and O–H groups in total. The number of nitrogens with two attached hydrogens (primary N) is 1. The Bertz CT molecular complexity index is 452. The van der Waals surface area contributed by atoms with Gasteiger partial charge in [-0.2, -0.15) is 18.2 Å². The van der Waals surface area contributed by atoms with Crippen LogP contribution in [-0.4, -0.2) is 27.7 Å². The molecule has 0 saturated heterocycles. The molecular formula is C11H15F3N4O. The second-order valence-electron chi connectivity index (χ2n) is 4.62. The molecule has 1 heterocycles. The van der Waals surface area contributed by atoms with E-state index < -0.39 is 17.8 Å². The fourth-order valence-corrected chi connectivity index (χ4v) is 2.32. The minimum Gasteiger partial charge on any atom is -0.396 e. The highest BCUT2D eigenvalue weighted by Crippen LogP contribution is 2.31. The van der Waals surface area contributed by atoms with Gasteiger partial charge in [-0.25, -0.2) is 4.98 Å². The monoisotopic (exact) mass is 276 g/mol. The standard InChI is InChI=1S/C11H15F3N4O/c12-11(13,14)8-4-9(18-10(15)17-8)16-7-3-1-2-6(7)5-19/h4,6-7,19H,1-3,5H2,(H3,15,16,17,18). The van der Waals surface area contributed by atoms with E-state index in [1.807, 2.05) is 0 Å². The van der Waals surface area contributed by atoms with Gasteiger partial charge in [0.15, 0.2) is 5.69 Å². The van der Waals surface area contributed by atoms with E-state index in [9.17, 15) is 18.3 Å². The van der Waals surface area contributed by atoms with E-state index >= 15 is 0 Å². The molecule has 106 valence electrons. The van der Waals surface area contributed by atoms with Gasteiger partial charge in [-0.15, -0.1) is 0 Å². The summed E-state index contributed by atoms with van der Waals surface area (Å²) < 4.78 is 37.8. The van der Waals surface area contributed by atoms with Crippen LogP contribution < -0.4 is 11.1 Å². The number of aliphatic hydroxyl groups is 1. The second-order valence-corrected chi connectivity index (χ2v) is 4.62.